The Morgan fingerprint density at radius 1 is 1.16 bits per heavy atom. The van der Waals surface area contributed by atoms with E-state index in [0.717, 1.165) is 18.4 Å². The van der Waals surface area contributed by atoms with E-state index >= 15 is 0 Å². The molecule has 0 saturated heterocycles. The van der Waals surface area contributed by atoms with E-state index in [-0.39, 0.29) is 28.9 Å². The van der Waals surface area contributed by atoms with Crippen LogP contribution in [0.25, 0.3) is 0 Å². The maximum Gasteiger partial charge on any atom is 0.251 e. The van der Waals surface area contributed by atoms with E-state index in [1.54, 1.807) is 33.0 Å². The molecule has 1 saturated carbocycles. The fourth-order valence-electron chi connectivity index (χ4n) is 3.57. The van der Waals surface area contributed by atoms with E-state index in [2.05, 4.69) is 15.0 Å². The van der Waals surface area contributed by atoms with E-state index in [1.807, 2.05) is 6.07 Å². The highest BCUT2D eigenvalue weighted by Crippen LogP contribution is 2.26. The third kappa shape index (κ3) is 6.43. The summed E-state index contributed by atoms with van der Waals surface area (Å²) in [4.78, 5) is 16.9. The van der Waals surface area contributed by atoms with Gasteiger partial charge in [-0.15, -0.1) is 0 Å². The van der Waals surface area contributed by atoms with Crippen molar-refractivity contribution in [3.05, 3.63) is 47.7 Å². The topological polar surface area (TPSA) is 107 Å². The molecule has 1 aliphatic carbocycles. The first-order valence-corrected chi connectivity index (χ1v) is 12.2. The second-order valence-electron chi connectivity index (χ2n) is 8.93. The molecular weight excluding hydrogens is 430 g/mol. The van der Waals surface area contributed by atoms with E-state index in [1.165, 1.54) is 38.2 Å². The van der Waals surface area contributed by atoms with Crippen molar-refractivity contribution in [2.24, 2.45) is 0 Å². The summed E-state index contributed by atoms with van der Waals surface area (Å²) >= 11 is 0. The monoisotopic (exact) mass is 461 g/mol. The van der Waals surface area contributed by atoms with Gasteiger partial charge in [-0.2, -0.15) is 0 Å². The van der Waals surface area contributed by atoms with Crippen molar-refractivity contribution in [1.82, 2.24) is 15.0 Å². The fourth-order valence-corrected chi connectivity index (χ4v) is 5.19. The highest BCUT2D eigenvalue weighted by molar-refractivity contribution is 7.89. The van der Waals surface area contributed by atoms with Gasteiger partial charge in [-0.25, -0.2) is 18.1 Å². The number of nitrogens with zero attached hydrogens (tertiary/aromatic N) is 1. The molecule has 3 rings (SSSR count). The largest absolute Gasteiger partial charge is 0.495 e. The highest BCUT2D eigenvalue weighted by Gasteiger charge is 2.26. The van der Waals surface area contributed by atoms with Crippen LogP contribution >= 0.6 is 0 Å². The molecular formula is C23H31N3O5S. The predicted molar refractivity (Wildman–Crippen MR) is 121 cm³/mol. The van der Waals surface area contributed by atoms with Gasteiger partial charge in [0.2, 0.25) is 15.9 Å². The van der Waals surface area contributed by atoms with Crippen LogP contribution in [0.4, 0.5) is 0 Å². The Morgan fingerprint density at radius 3 is 2.53 bits per heavy atom. The lowest BCUT2D eigenvalue weighted by Gasteiger charge is -2.21. The summed E-state index contributed by atoms with van der Waals surface area (Å²) in [5.41, 5.74) is 0.385. The maximum absolute atomic E-state index is 12.8. The highest BCUT2D eigenvalue weighted by atomic mass is 32.2. The van der Waals surface area contributed by atoms with Crippen molar-refractivity contribution in [2.45, 2.75) is 69.5 Å². The molecule has 0 unspecified atom stereocenters. The van der Waals surface area contributed by atoms with Crippen molar-refractivity contribution in [1.29, 1.82) is 0 Å². The second kappa shape index (κ2) is 9.87. The summed E-state index contributed by atoms with van der Waals surface area (Å²) in [6, 6.07) is 7.95. The zero-order valence-electron chi connectivity index (χ0n) is 19.0. The molecule has 0 aliphatic heterocycles. The van der Waals surface area contributed by atoms with Crippen LogP contribution in [0, 0.1) is 0 Å². The van der Waals surface area contributed by atoms with Gasteiger partial charge in [0.25, 0.3) is 5.91 Å². The number of nitrogens with one attached hydrogen (secondary N) is 2. The van der Waals surface area contributed by atoms with Crippen LogP contribution in [0.5, 0.6) is 11.6 Å². The lowest BCUT2D eigenvalue weighted by molar-refractivity contribution is 0.0950. The van der Waals surface area contributed by atoms with Crippen LogP contribution in [0.3, 0.4) is 0 Å². The number of carbonyl (C=O) groups is 1. The normalized spacial score (nSPS) is 14.9. The molecule has 1 fully saturated rings. The molecule has 1 amide bonds. The van der Waals surface area contributed by atoms with Crippen molar-refractivity contribution in [2.75, 3.05) is 7.11 Å². The Labute approximate surface area is 189 Å². The molecule has 1 aliphatic rings. The van der Waals surface area contributed by atoms with E-state index in [9.17, 15) is 13.2 Å². The van der Waals surface area contributed by atoms with Crippen molar-refractivity contribution in [3.8, 4) is 11.6 Å². The number of pyridine rings is 1. The molecule has 0 atom stereocenters. The third-order valence-electron chi connectivity index (χ3n) is 5.00. The van der Waals surface area contributed by atoms with Gasteiger partial charge in [-0.05, 0) is 76.3 Å². The zero-order valence-corrected chi connectivity index (χ0v) is 19.8. The van der Waals surface area contributed by atoms with Crippen LogP contribution in [0.1, 0.15) is 62.4 Å². The van der Waals surface area contributed by atoms with Crippen LogP contribution in [0.2, 0.25) is 0 Å². The average molecular weight is 462 g/mol. The molecule has 1 aromatic carbocycles. The predicted octanol–water partition coefficient (Wildman–Crippen LogP) is 3.42. The van der Waals surface area contributed by atoms with E-state index < -0.39 is 21.5 Å². The molecule has 0 spiro atoms. The smallest absolute Gasteiger partial charge is 0.251 e. The lowest BCUT2D eigenvalue weighted by Crippen LogP contribution is -2.40. The first-order valence-electron chi connectivity index (χ1n) is 10.7. The van der Waals surface area contributed by atoms with E-state index in [0.29, 0.717) is 5.88 Å². The number of amides is 1. The first-order chi connectivity index (χ1) is 15.1. The third-order valence-corrected chi connectivity index (χ3v) is 6.78. The van der Waals surface area contributed by atoms with Gasteiger partial charge in [0.05, 0.1) is 7.11 Å². The summed E-state index contributed by atoms with van der Waals surface area (Å²) in [5.74, 6) is 0.325. The number of benzene rings is 1. The summed E-state index contributed by atoms with van der Waals surface area (Å²) < 4.78 is 39.3. The Bertz CT molecular complexity index is 1060. The van der Waals surface area contributed by atoms with E-state index in [4.69, 9.17) is 9.47 Å². The lowest BCUT2D eigenvalue weighted by atomic mass is 10.1. The van der Waals surface area contributed by atoms with Crippen molar-refractivity contribution >= 4 is 15.9 Å². The number of sulfonamides is 1. The van der Waals surface area contributed by atoms with Crippen LogP contribution < -0.4 is 19.5 Å². The Morgan fingerprint density at radius 2 is 1.88 bits per heavy atom. The zero-order chi connectivity index (χ0) is 23.4. The van der Waals surface area contributed by atoms with Gasteiger partial charge >= 0.3 is 0 Å². The summed E-state index contributed by atoms with van der Waals surface area (Å²) in [7, 11) is -2.49. The molecule has 8 nitrogen and oxygen atoms in total. The van der Waals surface area contributed by atoms with Gasteiger partial charge in [-0.1, -0.05) is 0 Å². The van der Waals surface area contributed by atoms with Gasteiger partial charge in [0.15, 0.2) is 0 Å². The maximum atomic E-state index is 12.8. The molecule has 2 N–H and O–H groups in total. The average Bonchev–Trinajstić information content (AvgIpc) is 3.23. The summed E-state index contributed by atoms with van der Waals surface area (Å²) in [6.07, 6.45) is 6.28. The quantitative estimate of drug-likeness (QED) is 0.624. The number of hydrogen-bond donors (Lipinski definition) is 2. The minimum atomic E-state index is -3.88. The van der Waals surface area contributed by atoms with Gasteiger partial charge in [-0.3, -0.25) is 4.79 Å². The summed E-state index contributed by atoms with van der Waals surface area (Å²) in [6.45, 7) is 5.49. The van der Waals surface area contributed by atoms with Crippen molar-refractivity contribution in [3.63, 3.8) is 0 Å². The molecule has 0 radical (unpaired) electrons. The Balaban J connectivity index is 1.71. The number of hydrogen-bond acceptors (Lipinski definition) is 6. The fraction of sp³-hybridized carbons (Fsp3) is 0.478. The molecule has 0 bridgehead atoms. The van der Waals surface area contributed by atoms with Crippen LogP contribution in [-0.4, -0.2) is 38.1 Å². The Kier molecular flexibility index (Phi) is 7.40. The van der Waals surface area contributed by atoms with Gasteiger partial charge in [0.1, 0.15) is 16.7 Å². The minimum Gasteiger partial charge on any atom is -0.495 e. The number of carbonyl (C=O) groups excluding carboxylic acids is 1. The molecule has 2 aromatic rings. The summed E-state index contributed by atoms with van der Waals surface area (Å²) in [5, 5.41) is 2.82. The molecule has 174 valence electrons. The standard InChI is InChI=1S/C23H31N3O5S/c1-23(2,3)26-32(28,29)20-14-17(9-10-19(20)30-4)22(27)25-15-16-11-12-24-21(13-16)31-18-7-5-6-8-18/h9-14,18,26H,5-8,15H2,1-4H3,(H,25,27). The number of rotatable bonds is 8. The van der Waals surface area contributed by atoms with Crippen molar-refractivity contribution < 1.29 is 22.7 Å². The minimum absolute atomic E-state index is 0.0845. The second-order valence-corrected chi connectivity index (χ2v) is 10.6. The number of aromatic nitrogens is 1. The Hall–Kier alpha value is -2.65. The number of ether oxygens (including phenoxy) is 2. The molecule has 9 heteroatoms. The molecule has 1 heterocycles. The van der Waals surface area contributed by atoms with Gasteiger partial charge in [0, 0.05) is 29.9 Å². The molecule has 1 aromatic heterocycles. The first kappa shape index (κ1) is 24.0. The number of methoxy groups -OCH3 is 1. The van der Waals surface area contributed by atoms with Gasteiger partial charge < -0.3 is 14.8 Å². The molecule has 32 heavy (non-hydrogen) atoms. The van der Waals surface area contributed by atoms with Crippen LogP contribution in [0.15, 0.2) is 41.4 Å². The van der Waals surface area contributed by atoms with Crippen LogP contribution in [-0.2, 0) is 16.6 Å². The SMILES string of the molecule is COc1ccc(C(=O)NCc2ccnc(OC3CCCC3)c2)cc1S(=O)(=O)NC(C)(C)C.